The second-order valence-electron chi connectivity index (χ2n) is 3.43. The second-order valence-corrected chi connectivity index (χ2v) is 3.43. The van der Waals surface area contributed by atoms with Gasteiger partial charge in [0.25, 0.3) is 0 Å². The van der Waals surface area contributed by atoms with Crippen LogP contribution in [-0.4, -0.2) is 20.3 Å². The minimum Gasteiger partial charge on any atom is -0.493 e. The van der Waals surface area contributed by atoms with E-state index in [0.717, 1.165) is 17.1 Å². The van der Waals surface area contributed by atoms with E-state index >= 15 is 0 Å². The van der Waals surface area contributed by atoms with Gasteiger partial charge < -0.3 is 14.2 Å². The van der Waals surface area contributed by atoms with Crippen molar-refractivity contribution in [1.82, 2.24) is 0 Å². The molecule has 0 radical (unpaired) electrons. The number of hydrogen-bond donors (Lipinski definition) is 0. The summed E-state index contributed by atoms with van der Waals surface area (Å²) in [4.78, 5) is 0. The Bertz CT molecular complexity index is 396. The van der Waals surface area contributed by atoms with Crippen molar-refractivity contribution >= 4 is 6.08 Å². The van der Waals surface area contributed by atoms with Crippen molar-refractivity contribution in [2.24, 2.45) is 0 Å². The minimum atomic E-state index is 0.107. The molecule has 3 nitrogen and oxygen atoms in total. The molecule has 0 bridgehead atoms. The molecular formula is C12H14O3. The average molecular weight is 206 g/mol. The first kappa shape index (κ1) is 9.90. The fourth-order valence-corrected chi connectivity index (χ4v) is 1.59. The zero-order chi connectivity index (χ0) is 10.8. The highest BCUT2D eigenvalue weighted by Gasteiger charge is 2.15. The first-order chi connectivity index (χ1) is 7.24. The standard InChI is InChI=1S/C12H14O3/c1-8-4-5-9-6-11(13-2)12(14-3)7-10(9)15-8/h4-8H,1-3H3. The molecule has 1 unspecified atom stereocenters. The molecule has 2 rings (SSSR count). The molecule has 1 atom stereocenters. The lowest BCUT2D eigenvalue weighted by atomic mass is 10.1. The van der Waals surface area contributed by atoms with E-state index in [9.17, 15) is 0 Å². The third-order valence-corrected chi connectivity index (χ3v) is 2.38. The Morgan fingerprint density at radius 2 is 1.80 bits per heavy atom. The molecule has 80 valence electrons. The second kappa shape index (κ2) is 3.85. The van der Waals surface area contributed by atoms with Crippen LogP contribution in [-0.2, 0) is 0 Å². The molecule has 1 aromatic rings. The molecule has 15 heavy (non-hydrogen) atoms. The normalized spacial score (nSPS) is 17.9. The van der Waals surface area contributed by atoms with E-state index in [1.807, 2.05) is 31.2 Å². The lowest BCUT2D eigenvalue weighted by Crippen LogP contribution is -2.12. The maximum Gasteiger partial charge on any atom is 0.164 e. The van der Waals surface area contributed by atoms with Crippen molar-refractivity contribution in [2.75, 3.05) is 14.2 Å². The van der Waals surface area contributed by atoms with E-state index in [0.29, 0.717) is 5.75 Å². The van der Waals surface area contributed by atoms with Crippen molar-refractivity contribution in [3.05, 3.63) is 23.8 Å². The Balaban J connectivity index is 2.47. The van der Waals surface area contributed by atoms with Gasteiger partial charge in [-0.1, -0.05) is 6.08 Å². The van der Waals surface area contributed by atoms with Gasteiger partial charge in [0, 0.05) is 11.6 Å². The van der Waals surface area contributed by atoms with Crippen LogP contribution in [0.4, 0.5) is 0 Å². The third kappa shape index (κ3) is 1.77. The van der Waals surface area contributed by atoms with Crippen LogP contribution in [0.5, 0.6) is 17.2 Å². The fourth-order valence-electron chi connectivity index (χ4n) is 1.59. The molecule has 0 aliphatic carbocycles. The van der Waals surface area contributed by atoms with E-state index < -0.39 is 0 Å². The van der Waals surface area contributed by atoms with Crippen molar-refractivity contribution in [3.8, 4) is 17.2 Å². The van der Waals surface area contributed by atoms with E-state index in [4.69, 9.17) is 14.2 Å². The first-order valence-corrected chi connectivity index (χ1v) is 4.85. The Labute approximate surface area is 89.3 Å². The summed E-state index contributed by atoms with van der Waals surface area (Å²) in [6, 6.07) is 3.77. The highest BCUT2D eigenvalue weighted by molar-refractivity contribution is 5.65. The molecule has 0 N–H and O–H groups in total. The molecule has 1 aliphatic heterocycles. The zero-order valence-electron chi connectivity index (χ0n) is 9.11. The van der Waals surface area contributed by atoms with Gasteiger partial charge in [-0.25, -0.2) is 0 Å². The van der Waals surface area contributed by atoms with Gasteiger partial charge in [0.2, 0.25) is 0 Å². The van der Waals surface area contributed by atoms with Crippen LogP contribution in [0.15, 0.2) is 18.2 Å². The molecule has 3 heteroatoms. The van der Waals surface area contributed by atoms with Gasteiger partial charge in [-0.2, -0.15) is 0 Å². The smallest absolute Gasteiger partial charge is 0.164 e. The molecule has 0 amide bonds. The summed E-state index contributed by atoms with van der Waals surface area (Å²) in [5.41, 5.74) is 1.02. The van der Waals surface area contributed by atoms with Crippen LogP contribution in [0.3, 0.4) is 0 Å². The van der Waals surface area contributed by atoms with Crippen LogP contribution in [0.2, 0.25) is 0 Å². The van der Waals surface area contributed by atoms with Crippen molar-refractivity contribution in [2.45, 2.75) is 13.0 Å². The zero-order valence-corrected chi connectivity index (χ0v) is 9.11. The summed E-state index contributed by atoms with van der Waals surface area (Å²) >= 11 is 0. The summed E-state index contributed by atoms with van der Waals surface area (Å²) in [6.45, 7) is 2.00. The van der Waals surface area contributed by atoms with Gasteiger partial charge in [0.1, 0.15) is 11.9 Å². The van der Waals surface area contributed by atoms with Gasteiger partial charge in [-0.3, -0.25) is 0 Å². The molecule has 0 saturated carbocycles. The maximum absolute atomic E-state index is 5.65. The maximum atomic E-state index is 5.65. The number of fused-ring (bicyclic) bond motifs is 1. The van der Waals surface area contributed by atoms with Gasteiger partial charge in [-0.15, -0.1) is 0 Å². The topological polar surface area (TPSA) is 27.7 Å². The lowest BCUT2D eigenvalue weighted by Gasteiger charge is -2.20. The molecule has 0 aromatic heterocycles. The molecule has 0 fully saturated rings. The summed E-state index contributed by atoms with van der Waals surface area (Å²) in [5.74, 6) is 2.25. The summed E-state index contributed by atoms with van der Waals surface area (Å²) in [6.07, 6.45) is 4.15. The highest BCUT2D eigenvalue weighted by atomic mass is 16.5. The Hall–Kier alpha value is -1.64. The van der Waals surface area contributed by atoms with E-state index in [1.54, 1.807) is 14.2 Å². The summed E-state index contributed by atoms with van der Waals surface area (Å²) < 4.78 is 16.1. The molecule has 1 heterocycles. The Morgan fingerprint density at radius 1 is 1.13 bits per heavy atom. The van der Waals surface area contributed by atoms with Crippen molar-refractivity contribution in [1.29, 1.82) is 0 Å². The van der Waals surface area contributed by atoms with Gasteiger partial charge in [0.05, 0.1) is 14.2 Å². The van der Waals surface area contributed by atoms with Gasteiger partial charge in [-0.05, 0) is 19.1 Å². The Kier molecular flexibility index (Phi) is 2.54. The monoisotopic (exact) mass is 206 g/mol. The van der Waals surface area contributed by atoms with Crippen molar-refractivity contribution < 1.29 is 14.2 Å². The number of benzene rings is 1. The molecule has 1 aromatic carbocycles. The number of ether oxygens (including phenoxy) is 3. The summed E-state index contributed by atoms with van der Waals surface area (Å²) in [7, 11) is 3.24. The van der Waals surface area contributed by atoms with Crippen LogP contribution in [0.25, 0.3) is 6.08 Å². The molecular weight excluding hydrogens is 192 g/mol. The van der Waals surface area contributed by atoms with Crippen LogP contribution in [0.1, 0.15) is 12.5 Å². The number of methoxy groups -OCH3 is 2. The third-order valence-electron chi connectivity index (χ3n) is 2.38. The predicted octanol–water partition coefficient (Wildman–Crippen LogP) is 2.50. The highest BCUT2D eigenvalue weighted by Crippen LogP contribution is 2.37. The van der Waals surface area contributed by atoms with Gasteiger partial charge >= 0.3 is 0 Å². The minimum absolute atomic E-state index is 0.107. The largest absolute Gasteiger partial charge is 0.493 e. The first-order valence-electron chi connectivity index (χ1n) is 4.85. The Morgan fingerprint density at radius 3 is 2.47 bits per heavy atom. The van der Waals surface area contributed by atoms with Crippen molar-refractivity contribution in [3.63, 3.8) is 0 Å². The predicted molar refractivity (Wildman–Crippen MR) is 58.7 cm³/mol. The summed E-state index contributed by atoms with van der Waals surface area (Å²) in [5, 5.41) is 0. The van der Waals surface area contributed by atoms with E-state index in [2.05, 4.69) is 0 Å². The van der Waals surface area contributed by atoms with E-state index in [-0.39, 0.29) is 6.10 Å². The van der Waals surface area contributed by atoms with Crippen LogP contribution >= 0.6 is 0 Å². The fraction of sp³-hybridized carbons (Fsp3) is 0.333. The van der Waals surface area contributed by atoms with Crippen LogP contribution in [0, 0.1) is 0 Å². The average Bonchev–Trinajstić information content (AvgIpc) is 2.27. The van der Waals surface area contributed by atoms with E-state index in [1.165, 1.54) is 0 Å². The quantitative estimate of drug-likeness (QED) is 0.744. The molecule has 1 aliphatic rings. The SMILES string of the molecule is COc1cc2c(cc1OC)OC(C)C=C2. The molecule has 0 saturated heterocycles. The lowest BCUT2D eigenvalue weighted by molar-refractivity contribution is 0.263. The molecule has 0 spiro atoms. The van der Waals surface area contributed by atoms with Crippen LogP contribution < -0.4 is 14.2 Å². The number of hydrogen-bond acceptors (Lipinski definition) is 3. The van der Waals surface area contributed by atoms with Gasteiger partial charge in [0.15, 0.2) is 11.5 Å². The number of rotatable bonds is 2.